The Kier molecular flexibility index (Phi) is 5.34. The van der Waals surface area contributed by atoms with E-state index in [1.807, 2.05) is 17.8 Å². The normalized spacial score (nSPS) is 14.1. The maximum Gasteiger partial charge on any atom is 0.0850 e. The van der Waals surface area contributed by atoms with Gasteiger partial charge in [-0.25, -0.2) is 0 Å². The van der Waals surface area contributed by atoms with Crippen molar-refractivity contribution in [2.75, 3.05) is 5.88 Å². The Labute approximate surface area is 137 Å². The summed E-state index contributed by atoms with van der Waals surface area (Å²) >= 11 is 12.9. The summed E-state index contributed by atoms with van der Waals surface area (Å²) in [4.78, 5) is 0. The first kappa shape index (κ1) is 16.4. The largest absolute Gasteiger partial charge is 0.271 e. The quantitative estimate of drug-likeness (QED) is 0.700. The Morgan fingerprint density at radius 3 is 2.33 bits per heavy atom. The Balaban J connectivity index is 2.44. The van der Waals surface area contributed by atoms with E-state index in [1.165, 1.54) is 5.56 Å². The predicted octanol–water partition coefficient (Wildman–Crippen LogP) is 4.77. The van der Waals surface area contributed by atoms with E-state index in [0.29, 0.717) is 5.88 Å². The molecule has 0 amide bonds. The summed E-state index contributed by atoms with van der Waals surface area (Å²) in [5.41, 5.74) is 3.19. The molecule has 2 rings (SSSR count). The van der Waals surface area contributed by atoms with Crippen molar-refractivity contribution in [3.05, 3.63) is 52.3 Å². The molecule has 4 heteroatoms. The van der Waals surface area contributed by atoms with Gasteiger partial charge in [0.25, 0.3) is 0 Å². The van der Waals surface area contributed by atoms with E-state index in [2.05, 4.69) is 43.2 Å². The van der Waals surface area contributed by atoms with Crippen LogP contribution in [0.5, 0.6) is 0 Å². The molecule has 1 aromatic heterocycles. The van der Waals surface area contributed by atoms with Crippen molar-refractivity contribution >= 4 is 23.2 Å². The van der Waals surface area contributed by atoms with Gasteiger partial charge in [-0.2, -0.15) is 5.10 Å². The fourth-order valence-electron chi connectivity index (χ4n) is 2.77. The lowest BCUT2D eigenvalue weighted by Gasteiger charge is -2.31. The van der Waals surface area contributed by atoms with Crippen molar-refractivity contribution in [2.24, 2.45) is 7.05 Å². The zero-order valence-corrected chi connectivity index (χ0v) is 14.4. The highest BCUT2D eigenvalue weighted by Gasteiger charge is 2.32. The molecule has 1 aromatic carbocycles. The number of aromatic nitrogens is 2. The van der Waals surface area contributed by atoms with Crippen molar-refractivity contribution in [1.82, 2.24) is 9.78 Å². The van der Waals surface area contributed by atoms with E-state index in [-0.39, 0.29) is 5.41 Å². The second-order valence-corrected chi connectivity index (χ2v) is 6.14. The molecule has 0 saturated heterocycles. The summed E-state index contributed by atoms with van der Waals surface area (Å²) in [6, 6.07) is 10.5. The molecule has 1 heterocycles. The lowest BCUT2D eigenvalue weighted by Crippen LogP contribution is -2.31. The molecule has 114 valence electrons. The standard InChI is InChI=1S/C17H22Cl2N2/c1-4-14-16(19)15(21(3)20-14)11-17(5-2,12-18)13-9-7-6-8-10-13/h6-10H,4-5,11-12H2,1-3H3. The van der Waals surface area contributed by atoms with Gasteiger partial charge in [-0.3, -0.25) is 4.68 Å². The van der Waals surface area contributed by atoms with Crippen LogP contribution in [0.15, 0.2) is 30.3 Å². The minimum absolute atomic E-state index is 0.106. The van der Waals surface area contributed by atoms with Crippen molar-refractivity contribution in [1.29, 1.82) is 0 Å². The zero-order chi connectivity index (χ0) is 15.5. The summed E-state index contributed by atoms with van der Waals surface area (Å²) in [6.45, 7) is 4.25. The first-order valence-corrected chi connectivity index (χ1v) is 8.31. The average Bonchev–Trinajstić information content (AvgIpc) is 2.80. The van der Waals surface area contributed by atoms with Gasteiger partial charge >= 0.3 is 0 Å². The highest BCUT2D eigenvalue weighted by atomic mass is 35.5. The monoisotopic (exact) mass is 324 g/mol. The van der Waals surface area contributed by atoms with Gasteiger partial charge in [0.2, 0.25) is 0 Å². The van der Waals surface area contributed by atoms with Crippen LogP contribution in [0.4, 0.5) is 0 Å². The molecule has 0 aliphatic carbocycles. The molecule has 0 aliphatic heterocycles. The fourth-order valence-corrected chi connectivity index (χ4v) is 3.57. The second-order valence-electron chi connectivity index (χ2n) is 5.49. The van der Waals surface area contributed by atoms with E-state index in [4.69, 9.17) is 23.2 Å². The van der Waals surface area contributed by atoms with Crippen LogP contribution in [0, 0.1) is 0 Å². The van der Waals surface area contributed by atoms with E-state index < -0.39 is 0 Å². The van der Waals surface area contributed by atoms with Crippen LogP contribution >= 0.6 is 23.2 Å². The van der Waals surface area contributed by atoms with Crippen molar-refractivity contribution in [3.63, 3.8) is 0 Å². The summed E-state index contributed by atoms with van der Waals surface area (Å²) in [5, 5.41) is 5.31. The molecule has 0 bridgehead atoms. The minimum Gasteiger partial charge on any atom is -0.271 e. The Bertz CT molecular complexity index is 586. The average molecular weight is 325 g/mol. The number of aryl methyl sites for hydroxylation is 2. The lowest BCUT2D eigenvalue weighted by molar-refractivity contribution is 0.443. The maximum atomic E-state index is 6.51. The lowest BCUT2D eigenvalue weighted by atomic mass is 9.76. The van der Waals surface area contributed by atoms with Crippen LogP contribution in [-0.2, 0) is 25.3 Å². The van der Waals surface area contributed by atoms with Crippen molar-refractivity contribution < 1.29 is 0 Å². The van der Waals surface area contributed by atoms with Crippen LogP contribution in [0.2, 0.25) is 5.02 Å². The first-order chi connectivity index (χ1) is 10.1. The number of alkyl halides is 1. The highest BCUT2D eigenvalue weighted by molar-refractivity contribution is 6.32. The number of rotatable bonds is 6. The first-order valence-electron chi connectivity index (χ1n) is 7.39. The van der Waals surface area contributed by atoms with Crippen LogP contribution in [0.1, 0.15) is 37.2 Å². The highest BCUT2D eigenvalue weighted by Crippen LogP contribution is 2.36. The second kappa shape index (κ2) is 6.85. The molecule has 1 unspecified atom stereocenters. The molecule has 2 aromatic rings. The van der Waals surface area contributed by atoms with Crippen LogP contribution < -0.4 is 0 Å². The molecule has 0 spiro atoms. The molecule has 0 radical (unpaired) electrons. The molecule has 0 aliphatic rings. The van der Waals surface area contributed by atoms with Crippen molar-refractivity contribution in [2.45, 2.75) is 38.5 Å². The third kappa shape index (κ3) is 3.12. The third-order valence-corrected chi connectivity index (χ3v) is 5.28. The predicted molar refractivity (Wildman–Crippen MR) is 90.4 cm³/mol. The smallest absolute Gasteiger partial charge is 0.0850 e. The number of benzene rings is 1. The van der Waals surface area contributed by atoms with Gasteiger partial charge in [-0.15, -0.1) is 11.6 Å². The maximum absolute atomic E-state index is 6.51. The van der Waals surface area contributed by atoms with E-state index in [9.17, 15) is 0 Å². The summed E-state index contributed by atoms with van der Waals surface area (Å²) < 4.78 is 1.90. The fraction of sp³-hybridized carbons (Fsp3) is 0.471. The molecule has 0 saturated carbocycles. The van der Waals surface area contributed by atoms with Crippen molar-refractivity contribution in [3.8, 4) is 0 Å². The van der Waals surface area contributed by atoms with E-state index in [0.717, 1.165) is 35.7 Å². The van der Waals surface area contributed by atoms with E-state index >= 15 is 0 Å². The van der Waals surface area contributed by atoms with Crippen LogP contribution in [0.25, 0.3) is 0 Å². The number of hydrogen-bond donors (Lipinski definition) is 0. The molecule has 1 atom stereocenters. The molecular formula is C17H22Cl2N2. The topological polar surface area (TPSA) is 17.8 Å². The summed E-state index contributed by atoms with van der Waals surface area (Å²) in [5.74, 6) is 0.566. The Hall–Kier alpha value is -0.990. The van der Waals surface area contributed by atoms with Gasteiger partial charge in [0, 0.05) is 24.8 Å². The molecule has 2 nitrogen and oxygen atoms in total. The van der Waals surface area contributed by atoms with Gasteiger partial charge in [0.1, 0.15) is 0 Å². The SMILES string of the molecule is CCc1nn(C)c(CC(CC)(CCl)c2ccccc2)c1Cl. The molecule has 0 N–H and O–H groups in total. The minimum atomic E-state index is -0.106. The molecule has 0 fully saturated rings. The van der Waals surface area contributed by atoms with E-state index in [1.54, 1.807) is 0 Å². The summed E-state index contributed by atoms with van der Waals surface area (Å²) in [7, 11) is 1.96. The van der Waals surface area contributed by atoms with Crippen LogP contribution in [-0.4, -0.2) is 15.7 Å². The van der Waals surface area contributed by atoms with Gasteiger partial charge in [-0.05, 0) is 18.4 Å². The Morgan fingerprint density at radius 2 is 1.86 bits per heavy atom. The summed E-state index contributed by atoms with van der Waals surface area (Å²) in [6.07, 6.45) is 2.61. The van der Waals surface area contributed by atoms with Gasteiger partial charge in [0.15, 0.2) is 0 Å². The van der Waals surface area contributed by atoms with Gasteiger partial charge < -0.3 is 0 Å². The number of hydrogen-bond acceptors (Lipinski definition) is 1. The number of nitrogens with zero attached hydrogens (tertiary/aromatic N) is 2. The van der Waals surface area contributed by atoms with Crippen LogP contribution in [0.3, 0.4) is 0 Å². The zero-order valence-electron chi connectivity index (χ0n) is 12.9. The third-order valence-electron chi connectivity index (χ3n) is 4.33. The van der Waals surface area contributed by atoms with Gasteiger partial charge in [0.05, 0.1) is 16.4 Å². The molecular weight excluding hydrogens is 303 g/mol. The Morgan fingerprint density at radius 1 is 1.19 bits per heavy atom. The van der Waals surface area contributed by atoms with Gasteiger partial charge in [-0.1, -0.05) is 55.8 Å². The number of halogens is 2. The molecule has 21 heavy (non-hydrogen) atoms.